The quantitative estimate of drug-likeness (QED) is 0.870. The van der Waals surface area contributed by atoms with Gasteiger partial charge in [-0.05, 0) is 44.6 Å². The number of aliphatic hydroxyl groups is 1. The fourth-order valence-corrected chi connectivity index (χ4v) is 3.17. The maximum absolute atomic E-state index is 10.4. The Kier molecular flexibility index (Phi) is 5.62. The lowest BCUT2D eigenvalue weighted by Crippen LogP contribution is -2.35. The van der Waals surface area contributed by atoms with Crippen LogP contribution in [0.25, 0.3) is 0 Å². The fraction of sp³-hybridized carbons (Fsp3) is 0.647. The Morgan fingerprint density at radius 2 is 1.95 bits per heavy atom. The number of β-amino-alcohol motifs (C(OH)–C–C–N with tert-alkyl or cyclic N) is 1. The highest BCUT2D eigenvalue weighted by Crippen LogP contribution is 2.24. The van der Waals surface area contributed by atoms with E-state index in [-0.39, 0.29) is 0 Å². The van der Waals surface area contributed by atoms with E-state index in [1.165, 1.54) is 0 Å². The monoisotopic (exact) mass is 292 g/mol. The van der Waals surface area contributed by atoms with E-state index in [2.05, 4.69) is 30.8 Å². The van der Waals surface area contributed by atoms with Gasteiger partial charge in [-0.2, -0.15) is 0 Å². The molecule has 0 bridgehead atoms. The number of aliphatic hydroxyl groups excluding tert-OH is 1. The molecule has 1 saturated heterocycles. The number of ether oxygens (including phenoxy) is 1. The molecular weight excluding hydrogens is 264 g/mol. The van der Waals surface area contributed by atoms with Gasteiger partial charge in [0.1, 0.15) is 5.75 Å². The van der Waals surface area contributed by atoms with Crippen molar-refractivity contribution in [2.24, 2.45) is 5.92 Å². The van der Waals surface area contributed by atoms with Crippen molar-refractivity contribution in [1.29, 1.82) is 0 Å². The van der Waals surface area contributed by atoms with Crippen LogP contribution in [0, 0.1) is 5.92 Å². The molecule has 118 valence electrons. The minimum atomic E-state index is -0.436. The summed E-state index contributed by atoms with van der Waals surface area (Å²) in [6.07, 6.45) is -0.436. The highest BCUT2D eigenvalue weighted by Gasteiger charge is 2.31. The van der Waals surface area contributed by atoms with Crippen molar-refractivity contribution in [3.63, 3.8) is 0 Å². The zero-order valence-corrected chi connectivity index (χ0v) is 13.6. The Bertz CT molecular complexity index is 433. The standard InChI is InChI=1S/C17H28N2O2/c1-5-21-15-8-6-14(7-9-15)17(20)12-19-10-13(2)16(11-19)18(3)4/h6-9,13,16-17,20H,5,10-12H2,1-4H3. The molecule has 1 heterocycles. The van der Waals surface area contributed by atoms with Crippen LogP contribution in [0.2, 0.25) is 0 Å². The molecule has 1 fully saturated rings. The van der Waals surface area contributed by atoms with Crippen molar-refractivity contribution < 1.29 is 9.84 Å². The Morgan fingerprint density at radius 1 is 1.29 bits per heavy atom. The molecule has 0 saturated carbocycles. The summed E-state index contributed by atoms with van der Waals surface area (Å²) < 4.78 is 5.43. The van der Waals surface area contributed by atoms with Gasteiger partial charge in [0.15, 0.2) is 0 Å². The van der Waals surface area contributed by atoms with Crippen LogP contribution in [0.5, 0.6) is 5.75 Å². The van der Waals surface area contributed by atoms with E-state index in [1.807, 2.05) is 31.2 Å². The maximum atomic E-state index is 10.4. The van der Waals surface area contributed by atoms with Gasteiger partial charge in [0, 0.05) is 25.7 Å². The van der Waals surface area contributed by atoms with Gasteiger partial charge >= 0.3 is 0 Å². The van der Waals surface area contributed by atoms with Gasteiger partial charge in [0.05, 0.1) is 12.7 Å². The van der Waals surface area contributed by atoms with Crippen LogP contribution in [-0.2, 0) is 0 Å². The molecule has 4 heteroatoms. The lowest BCUT2D eigenvalue weighted by atomic mass is 10.1. The van der Waals surface area contributed by atoms with Crippen molar-refractivity contribution in [2.45, 2.75) is 26.0 Å². The molecule has 0 spiro atoms. The molecule has 1 aliphatic rings. The topological polar surface area (TPSA) is 35.9 Å². The van der Waals surface area contributed by atoms with Crippen LogP contribution in [0.1, 0.15) is 25.5 Å². The number of rotatable bonds is 6. The third kappa shape index (κ3) is 4.19. The lowest BCUT2D eigenvalue weighted by Gasteiger charge is -2.23. The molecule has 0 aromatic heterocycles. The molecule has 3 unspecified atom stereocenters. The molecule has 4 nitrogen and oxygen atoms in total. The van der Waals surface area contributed by atoms with E-state index in [0.29, 0.717) is 25.1 Å². The number of benzene rings is 1. The van der Waals surface area contributed by atoms with Crippen molar-refractivity contribution >= 4 is 0 Å². The van der Waals surface area contributed by atoms with Gasteiger partial charge in [0.2, 0.25) is 0 Å². The van der Waals surface area contributed by atoms with Gasteiger partial charge in [0.25, 0.3) is 0 Å². The molecule has 0 aliphatic carbocycles. The smallest absolute Gasteiger partial charge is 0.119 e. The van der Waals surface area contributed by atoms with E-state index in [1.54, 1.807) is 0 Å². The summed E-state index contributed by atoms with van der Waals surface area (Å²) in [7, 11) is 4.26. The van der Waals surface area contributed by atoms with E-state index < -0.39 is 6.10 Å². The summed E-state index contributed by atoms with van der Waals surface area (Å²) in [6, 6.07) is 8.35. The molecular formula is C17H28N2O2. The highest BCUT2D eigenvalue weighted by atomic mass is 16.5. The van der Waals surface area contributed by atoms with Crippen LogP contribution in [0.4, 0.5) is 0 Å². The van der Waals surface area contributed by atoms with Gasteiger partial charge in [-0.1, -0.05) is 19.1 Å². The maximum Gasteiger partial charge on any atom is 0.119 e. The molecule has 1 aromatic carbocycles. The predicted molar refractivity (Wildman–Crippen MR) is 85.6 cm³/mol. The zero-order chi connectivity index (χ0) is 15.4. The van der Waals surface area contributed by atoms with Crippen LogP contribution < -0.4 is 4.74 Å². The number of hydrogen-bond acceptors (Lipinski definition) is 4. The summed E-state index contributed by atoms with van der Waals surface area (Å²) in [5.41, 5.74) is 0.958. The zero-order valence-electron chi connectivity index (χ0n) is 13.6. The molecule has 0 amide bonds. The average Bonchev–Trinajstić information content (AvgIpc) is 2.81. The first-order valence-corrected chi connectivity index (χ1v) is 7.80. The van der Waals surface area contributed by atoms with Crippen LogP contribution in [0.3, 0.4) is 0 Å². The second kappa shape index (κ2) is 7.25. The summed E-state index contributed by atoms with van der Waals surface area (Å²) >= 11 is 0. The van der Waals surface area contributed by atoms with Crippen molar-refractivity contribution in [2.75, 3.05) is 40.3 Å². The Labute approximate surface area is 128 Å². The summed E-state index contributed by atoms with van der Waals surface area (Å²) in [4.78, 5) is 4.64. The number of hydrogen-bond donors (Lipinski definition) is 1. The van der Waals surface area contributed by atoms with Gasteiger partial charge in [-0.15, -0.1) is 0 Å². The van der Waals surface area contributed by atoms with E-state index >= 15 is 0 Å². The minimum absolute atomic E-state index is 0.436. The first-order chi connectivity index (χ1) is 10.0. The minimum Gasteiger partial charge on any atom is -0.494 e. The molecule has 3 atom stereocenters. The van der Waals surface area contributed by atoms with Crippen LogP contribution in [0.15, 0.2) is 24.3 Å². The molecule has 1 aliphatic heterocycles. The third-order valence-electron chi connectivity index (χ3n) is 4.32. The predicted octanol–water partition coefficient (Wildman–Crippen LogP) is 2.00. The Balaban J connectivity index is 1.91. The van der Waals surface area contributed by atoms with Crippen LogP contribution >= 0.6 is 0 Å². The number of likely N-dealkylation sites (N-methyl/N-ethyl adjacent to an activating group) is 1. The summed E-state index contributed by atoms with van der Waals surface area (Å²) in [6.45, 7) is 7.70. The first kappa shape index (κ1) is 16.3. The average molecular weight is 292 g/mol. The van der Waals surface area contributed by atoms with E-state index in [9.17, 15) is 5.11 Å². The Morgan fingerprint density at radius 3 is 2.48 bits per heavy atom. The first-order valence-electron chi connectivity index (χ1n) is 7.80. The second-order valence-corrected chi connectivity index (χ2v) is 6.24. The van der Waals surface area contributed by atoms with Crippen molar-refractivity contribution in [3.8, 4) is 5.75 Å². The lowest BCUT2D eigenvalue weighted by molar-refractivity contribution is 0.121. The van der Waals surface area contributed by atoms with Crippen molar-refractivity contribution in [1.82, 2.24) is 9.80 Å². The summed E-state index contributed by atoms with van der Waals surface area (Å²) in [5, 5.41) is 10.4. The van der Waals surface area contributed by atoms with Gasteiger partial charge in [-0.3, -0.25) is 4.90 Å². The molecule has 1 N–H and O–H groups in total. The van der Waals surface area contributed by atoms with E-state index in [4.69, 9.17) is 4.74 Å². The largest absolute Gasteiger partial charge is 0.494 e. The number of likely N-dealkylation sites (tertiary alicyclic amines) is 1. The van der Waals surface area contributed by atoms with Crippen molar-refractivity contribution in [3.05, 3.63) is 29.8 Å². The normalized spacial score (nSPS) is 24.5. The highest BCUT2D eigenvalue weighted by molar-refractivity contribution is 5.28. The second-order valence-electron chi connectivity index (χ2n) is 6.24. The molecule has 21 heavy (non-hydrogen) atoms. The third-order valence-corrected chi connectivity index (χ3v) is 4.32. The number of nitrogens with zero attached hydrogens (tertiary/aromatic N) is 2. The molecule has 2 rings (SSSR count). The fourth-order valence-electron chi connectivity index (χ4n) is 3.17. The van der Waals surface area contributed by atoms with E-state index in [0.717, 1.165) is 24.4 Å². The Hall–Kier alpha value is -1.10. The summed E-state index contributed by atoms with van der Waals surface area (Å²) in [5.74, 6) is 1.50. The van der Waals surface area contributed by atoms with Crippen LogP contribution in [-0.4, -0.2) is 61.3 Å². The SMILES string of the molecule is CCOc1ccc(C(O)CN2CC(C)C(N(C)C)C2)cc1. The molecule has 1 aromatic rings. The molecule has 0 radical (unpaired) electrons. The van der Waals surface area contributed by atoms with Gasteiger partial charge in [-0.25, -0.2) is 0 Å². The van der Waals surface area contributed by atoms with Gasteiger partial charge < -0.3 is 14.7 Å².